The maximum Gasteiger partial charge on any atom is 0.349 e. The number of esters is 1. The van der Waals surface area contributed by atoms with Crippen LogP contribution in [0.2, 0.25) is 0 Å². The normalized spacial score (nSPS) is 13.2. The molecule has 2 atom stereocenters. The third kappa shape index (κ3) is 4.29. The van der Waals surface area contributed by atoms with Gasteiger partial charge in [-0.1, -0.05) is 55.5 Å². The van der Waals surface area contributed by atoms with E-state index in [1.807, 2.05) is 61.5 Å². The highest BCUT2D eigenvalue weighted by Crippen LogP contribution is 2.26. The lowest BCUT2D eigenvalue weighted by Gasteiger charge is -2.16. The summed E-state index contributed by atoms with van der Waals surface area (Å²) in [5, 5.41) is 3.85. The molecule has 0 aliphatic carbocycles. The van der Waals surface area contributed by atoms with Gasteiger partial charge in [-0.3, -0.25) is 4.79 Å². The van der Waals surface area contributed by atoms with Crippen LogP contribution in [0.15, 0.2) is 60.7 Å². The summed E-state index contributed by atoms with van der Waals surface area (Å²) in [4.78, 5) is 25.0. The summed E-state index contributed by atoms with van der Waals surface area (Å²) in [6.45, 7) is 4.13. The number of rotatable bonds is 6. The topological polar surface area (TPSA) is 55.4 Å². The molecule has 5 heteroatoms. The van der Waals surface area contributed by atoms with Crippen molar-refractivity contribution in [2.45, 2.75) is 25.9 Å². The molecule has 1 amide bonds. The van der Waals surface area contributed by atoms with Gasteiger partial charge in [-0.05, 0) is 35.9 Å². The molecule has 0 saturated carbocycles. The fourth-order valence-corrected chi connectivity index (χ4v) is 3.60. The molecule has 1 N–H and O–H groups in total. The Kier molecular flexibility index (Phi) is 5.68. The Labute approximate surface area is 156 Å². The fraction of sp³-hybridized carbons (Fsp3) is 0.238. The van der Waals surface area contributed by atoms with E-state index in [1.54, 1.807) is 13.0 Å². The minimum atomic E-state index is -0.837. The van der Waals surface area contributed by atoms with E-state index in [0.29, 0.717) is 11.4 Å². The quantitative estimate of drug-likeness (QED) is 0.658. The number of amides is 1. The van der Waals surface area contributed by atoms with Crippen molar-refractivity contribution in [2.24, 2.45) is 0 Å². The average molecular weight is 367 g/mol. The highest BCUT2D eigenvalue weighted by atomic mass is 32.1. The molecule has 134 valence electrons. The largest absolute Gasteiger partial charge is 0.448 e. The van der Waals surface area contributed by atoms with Crippen LogP contribution < -0.4 is 5.32 Å². The van der Waals surface area contributed by atoms with Crippen molar-refractivity contribution < 1.29 is 14.3 Å². The zero-order valence-electron chi connectivity index (χ0n) is 14.8. The third-order valence-electron chi connectivity index (χ3n) is 4.23. The number of ether oxygens (including phenoxy) is 1. The smallest absolute Gasteiger partial charge is 0.349 e. The van der Waals surface area contributed by atoms with Gasteiger partial charge in [-0.2, -0.15) is 0 Å². The van der Waals surface area contributed by atoms with Crippen LogP contribution in [0.3, 0.4) is 0 Å². The molecule has 0 saturated heterocycles. The lowest BCUT2D eigenvalue weighted by molar-refractivity contribution is -0.129. The minimum Gasteiger partial charge on any atom is -0.448 e. The summed E-state index contributed by atoms with van der Waals surface area (Å²) in [7, 11) is 0. The van der Waals surface area contributed by atoms with Gasteiger partial charge in [0.25, 0.3) is 5.91 Å². The predicted molar refractivity (Wildman–Crippen MR) is 105 cm³/mol. The molecule has 26 heavy (non-hydrogen) atoms. The van der Waals surface area contributed by atoms with Crippen LogP contribution >= 0.6 is 11.3 Å². The second kappa shape index (κ2) is 8.15. The number of hydrogen-bond acceptors (Lipinski definition) is 4. The molecule has 4 nitrogen and oxygen atoms in total. The molecule has 0 spiro atoms. The highest BCUT2D eigenvalue weighted by Gasteiger charge is 2.20. The molecule has 0 aliphatic heterocycles. The van der Waals surface area contributed by atoms with Gasteiger partial charge in [0.1, 0.15) is 4.88 Å². The Bertz CT molecular complexity index is 871. The van der Waals surface area contributed by atoms with E-state index in [2.05, 4.69) is 5.32 Å². The van der Waals surface area contributed by atoms with Gasteiger partial charge in [0, 0.05) is 11.2 Å². The molecule has 2 aromatic carbocycles. The molecule has 3 aromatic rings. The summed E-state index contributed by atoms with van der Waals surface area (Å²) in [5.41, 5.74) is 1.16. The zero-order chi connectivity index (χ0) is 18.5. The molecular weight excluding hydrogens is 346 g/mol. The maximum absolute atomic E-state index is 12.3. The van der Waals surface area contributed by atoms with Gasteiger partial charge in [0.05, 0.1) is 0 Å². The van der Waals surface area contributed by atoms with Crippen molar-refractivity contribution in [2.75, 3.05) is 6.54 Å². The van der Waals surface area contributed by atoms with Gasteiger partial charge in [-0.25, -0.2) is 4.79 Å². The molecule has 1 aromatic heterocycles. The lowest BCUT2D eigenvalue weighted by atomic mass is 10.0. The molecule has 0 bridgehead atoms. The highest BCUT2D eigenvalue weighted by molar-refractivity contribution is 7.20. The lowest BCUT2D eigenvalue weighted by Crippen LogP contribution is -2.37. The van der Waals surface area contributed by atoms with E-state index in [9.17, 15) is 9.59 Å². The summed E-state index contributed by atoms with van der Waals surface area (Å²) < 4.78 is 6.35. The number of thiophene rings is 1. The Morgan fingerprint density at radius 2 is 1.73 bits per heavy atom. The van der Waals surface area contributed by atoms with Gasteiger partial charge >= 0.3 is 5.97 Å². The summed E-state index contributed by atoms with van der Waals surface area (Å²) in [6.07, 6.45) is -0.837. The Morgan fingerprint density at radius 3 is 2.46 bits per heavy atom. The first-order valence-electron chi connectivity index (χ1n) is 8.57. The minimum absolute atomic E-state index is 0.186. The van der Waals surface area contributed by atoms with Gasteiger partial charge < -0.3 is 10.1 Å². The van der Waals surface area contributed by atoms with E-state index >= 15 is 0 Å². The number of carbonyl (C=O) groups is 2. The molecule has 1 heterocycles. The van der Waals surface area contributed by atoms with Crippen molar-refractivity contribution in [3.63, 3.8) is 0 Å². The first kappa shape index (κ1) is 18.1. The Morgan fingerprint density at radius 1 is 1.04 bits per heavy atom. The number of benzene rings is 2. The van der Waals surface area contributed by atoms with Crippen molar-refractivity contribution in [1.29, 1.82) is 0 Å². The van der Waals surface area contributed by atoms with Crippen LogP contribution in [0.1, 0.15) is 35.0 Å². The average Bonchev–Trinajstić information content (AvgIpc) is 3.10. The van der Waals surface area contributed by atoms with E-state index in [0.717, 1.165) is 15.6 Å². The molecule has 0 unspecified atom stereocenters. The maximum atomic E-state index is 12.3. The van der Waals surface area contributed by atoms with E-state index in [4.69, 9.17) is 4.74 Å². The van der Waals surface area contributed by atoms with Crippen LogP contribution in [0.5, 0.6) is 0 Å². The van der Waals surface area contributed by atoms with E-state index in [1.165, 1.54) is 11.3 Å². The third-order valence-corrected chi connectivity index (χ3v) is 5.33. The summed E-state index contributed by atoms with van der Waals surface area (Å²) >= 11 is 1.37. The monoisotopic (exact) mass is 367 g/mol. The van der Waals surface area contributed by atoms with Crippen LogP contribution in [0.25, 0.3) is 10.1 Å². The van der Waals surface area contributed by atoms with Gasteiger partial charge in [0.2, 0.25) is 0 Å². The second-order valence-electron chi connectivity index (χ2n) is 6.25. The van der Waals surface area contributed by atoms with Crippen molar-refractivity contribution in [3.8, 4) is 0 Å². The molecular formula is C21H21NO3S. The van der Waals surface area contributed by atoms with Crippen molar-refractivity contribution in [1.82, 2.24) is 5.32 Å². The first-order valence-corrected chi connectivity index (χ1v) is 9.38. The first-order chi connectivity index (χ1) is 12.5. The Hall–Kier alpha value is -2.66. The molecule has 3 rings (SSSR count). The molecule has 0 fully saturated rings. The Balaban J connectivity index is 1.54. The van der Waals surface area contributed by atoms with E-state index < -0.39 is 12.1 Å². The fourth-order valence-electron chi connectivity index (χ4n) is 2.65. The summed E-state index contributed by atoms with van der Waals surface area (Å²) in [6, 6.07) is 19.5. The SMILES string of the molecule is C[C@H](OC(=O)c1cc2ccccc2s1)C(=O)NC[C@@H](C)c1ccccc1. The molecule has 0 aliphatic rings. The van der Waals surface area contributed by atoms with Crippen LogP contribution in [0.4, 0.5) is 0 Å². The van der Waals surface area contributed by atoms with Crippen LogP contribution in [0, 0.1) is 0 Å². The van der Waals surface area contributed by atoms with Crippen molar-refractivity contribution in [3.05, 3.63) is 71.1 Å². The van der Waals surface area contributed by atoms with Gasteiger partial charge in [-0.15, -0.1) is 11.3 Å². The number of nitrogens with one attached hydrogen (secondary N) is 1. The van der Waals surface area contributed by atoms with Crippen LogP contribution in [-0.4, -0.2) is 24.5 Å². The number of carbonyl (C=O) groups excluding carboxylic acids is 2. The van der Waals surface area contributed by atoms with E-state index in [-0.39, 0.29) is 11.8 Å². The standard InChI is InChI=1S/C21H21NO3S/c1-14(16-8-4-3-5-9-16)13-22-20(23)15(2)25-21(24)19-12-17-10-6-7-11-18(17)26-19/h3-12,14-15H,13H2,1-2H3,(H,22,23)/t14-,15+/m1/s1. The predicted octanol–water partition coefficient (Wildman–Crippen LogP) is 4.37. The number of fused-ring (bicyclic) bond motifs is 1. The van der Waals surface area contributed by atoms with Gasteiger partial charge in [0.15, 0.2) is 6.10 Å². The number of hydrogen-bond donors (Lipinski definition) is 1. The second-order valence-corrected chi connectivity index (χ2v) is 7.34. The van der Waals surface area contributed by atoms with Crippen molar-refractivity contribution >= 4 is 33.3 Å². The molecule has 0 radical (unpaired) electrons. The van der Waals surface area contributed by atoms with Crippen LogP contribution in [-0.2, 0) is 9.53 Å². The summed E-state index contributed by atoms with van der Waals surface area (Å²) in [5.74, 6) is -0.571. The zero-order valence-corrected chi connectivity index (χ0v) is 15.6.